The number of aliphatic hydroxyl groups is 1. The molecule has 1 rings (SSSR count). The maximum Gasteiger partial charge on any atom is 0.419 e. The highest BCUT2D eigenvalue weighted by molar-refractivity contribution is 5.35. The summed E-state index contributed by atoms with van der Waals surface area (Å²) in [4.78, 5) is 0. The summed E-state index contributed by atoms with van der Waals surface area (Å²) in [6.45, 7) is 0.192. The number of aliphatic hydroxyl groups excluding tert-OH is 1. The summed E-state index contributed by atoms with van der Waals surface area (Å²) in [5.41, 5.74) is -0.765. The van der Waals surface area contributed by atoms with E-state index >= 15 is 0 Å². The van der Waals surface area contributed by atoms with Gasteiger partial charge in [0.15, 0.2) is 0 Å². The highest BCUT2D eigenvalue weighted by Crippen LogP contribution is 2.35. The Bertz CT molecular complexity index is 323. The van der Waals surface area contributed by atoms with Crippen LogP contribution in [-0.2, 0) is 6.18 Å². The summed E-state index contributed by atoms with van der Waals surface area (Å²) in [6, 6.07) is 5.10. The lowest BCUT2D eigenvalue weighted by molar-refractivity contribution is -0.138. The SMILES string of the molecule is OCCCCOc1ccccc1C(F)(F)F. The van der Waals surface area contributed by atoms with Crippen LogP contribution >= 0.6 is 0 Å². The van der Waals surface area contributed by atoms with Gasteiger partial charge < -0.3 is 9.84 Å². The van der Waals surface area contributed by atoms with E-state index in [1.165, 1.54) is 18.2 Å². The van der Waals surface area contributed by atoms with Gasteiger partial charge in [-0.3, -0.25) is 0 Å². The van der Waals surface area contributed by atoms with Crippen molar-refractivity contribution in [1.82, 2.24) is 0 Å². The van der Waals surface area contributed by atoms with Crippen molar-refractivity contribution >= 4 is 0 Å². The predicted octanol–water partition coefficient (Wildman–Crippen LogP) is 2.86. The molecular weight excluding hydrogens is 221 g/mol. The molecule has 0 amide bonds. The Morgan fingerprint density at radius 1 is 1.12 bits per heavy atom. The lowest BCUT2D eigenvalue weighted by Gasteiger charge is -2.13. The Kier molecular flexibility index (Phi) is 4.61. The third-order valence-electron chi connectivity index (χ3n) is 2.00. The van der Waals surface area contributed by atoms with Gasteiger partial charge >= 0.3 is 6.18 Å². The largest absolute Gasteiger partial charge is 0.493 e. The molecule has 0 saturated carbocycles. The van der Waals surface area contributed by atoms with E-state index in [1.807, 2.05) is 0 Å². The van der Waals surface area contributed by atoms with Crippen molar-refractivity contribution < 1.29 is 23.0 Å². The summed E-state index contributed by atoms with van der Waals surface area (Å²) in [5.74, 6) is -0.159. The third kappa shape index (κ3) is 3.73. The first-order chi connectivity index (χ1) is 7.55. The fourth-order valence-corrected chi connectivity index (χ4v) is 1.22. The molecule has 1 aromatic rings. The maximum absolute atomic E-state index is 12.5. The van der Waals surface area contributed by atoms with E-state index in [2.05, 4.69) is 0 Å². The van der Waals surface area contributed by atoms with Crippen molar-refractivity contribution in [3.63, 3.8) is 0 Å². The van der Waals surface area contributed by atoms with Gasteiger partial charge in [0, 0.05) is 6.61 Å². The van der Waals surface area contributed by atoms with Crippen LogP contribution in [0.15, 0.2) is 24.3 Å². The minimum atomic E-state index is -4.40. The number of hydrogen-bond acceptors (Lipinski definition) is 2. The molecule has 0 heterocycles. The molecule has 90 valence electrons. The normalized spacial score (nSPS) is 11.5. The second kappa shape index (κ2) is 5.75. The van der Waals surface area contributed by atoms with Crippen LogP contribution in [0.5, 0.6) is 5.75 Å². The number of hydrogen-bond donors (Lipinski definition) is 1. The molecule has 0 spiro atoms. The lowest BCUT2D eigenvalue weighted by atomic mass is 10.2. The van der Waals surface area contributed by atoms with Crippen molar-refractivity contribution in [1.29, 1.82) is 0 Å². The summed E-state index contributed by atoms with van der Waals surface area (Å²) in [6.07, 6.45) is -3.34. The van der Waals surface area contributed by atoms with E-state index < -0.39 is 11.7 Å². The molecule has 0 unspecified atom stereocenters. The topological polar surface area (TPSA) is 29.5 Å². The van der Waals surface area contributed by atoms with Gasteiger partial charge in [0.05, 0.1) is 12.2 Å². The maximum atomic E-state index is 12.5. The molecule has 0 aliphatic rings. The number of alkyl halides is 3. The Hall–Kier alpha value is -1.23. The molecular formula is C11H13F3O2. The van der Waals surface area contributed by atoms with Gasteiger partial charge in [0.25, 0.3) is 0 Å². The summed E-state index contributed by atoms with van der Waals surface area (Å²) < 4.78 is 42.5. The molecule has 0 fully saturated rings. The highest BCUT2D eigenvalue weighted by atomic mass is 19.4. The van der Waals surface area contributed by atoms with E-state index in [1.54, 1.807) is 0 Å². The van der Waals surface area contributed by atoms with Crippen LogP contribution in [0.3, 0.4) is 0 Å². The number of unbranched alkanes of at least 4 members (excludes halogenated alkanes) is 1. The number of halogens is 3. The van der Waals surface area contributed by atoms with Gasteiger partial charge in [-0.05, 0) is 25.0 Å². The van der Waals surface area contributed by atoms with Crippen LogP contribution in [0.2, 0.25) is 0 Å². The zero-order valence-electron chi connectivity index (χ0n) is 8.63. The molecule has 0 aromatic heterocycles. The van der Waals surface area contributed by atoms with Crippen LogP contribution in [0, 0.1) is 0 Å². The molecule has 16 heavy (non-hydrogen) atoms. The van der Waals surface area contributed by atoms with Gasteiger partial charge in [-0.2, -0.15) is 13.2 Å². The fourth-order valence-electron chi connectivity index (χ4n) is 1.22. The first-order valence-electron chi connectivity index (χ1n) is 4.95. The van der Waals surface area contributed by atoms with Crippen molar-refractivity contribution in [2.75, 3.05) is 13.2 Å². The molecule has 5 heteroatoms. The second-order valence-electron chi connectivity index (χ2n) is 3.27. The van der Waals surface area contributed by atoms with Gasteiger partial charge in [-0.1, -0.05) is 12.1 Å². The number of para-hydroxylation sites is 1. The zero-order chi connectivity index (χ0) is 12.0. The molecule has 2 nitrogen and oxygen atoms in total. The first-order valence-corrected chi connectivity index (χ1v) is 4.95. The van der Waals surface area contributed by atoms with Crippen molar-refractivity contribution in [2.24, 2.45) is 0 Å². The van der Waals surface area contributed by atoms with E-state index in [-0.39, 0.29) is 19.0 Å². The number of ether oxygens (including phenoxy) is 1. The molecule has 0 aliphatic carbocycles. The Labute approximate surface area is 91.7 Å². The van der Waals surface area contributed by atoms with Gasteiger partial charge in [-0.25, -0.2) is 0 Å². The minimum absolute atomic E-state index is 0.0181. The molecule has 0 bridgehead atoms. The summed E-state index contributed by atoms with van der Waals surface area (Å²) >= 11 is 0. The quantitative estimate of drug-likeness (QED) is 0.794. The van der Waals surface area contributed by atoms with E-state index in [0.29, 0.717) is 12.8 Å². The number of benzene rings is 1. The van der Waals surface area contributed by atoms with Crippen LogP contribution in [0.1, 0.15) is 18.4 Å². The van der Waals surface area contributed by atoms with Gasteiger partial charge in [0.2, 0.25) is 0 Å². The molecule has 1 N–H and O–H groups in total. The van der Waals surface area contributed by atoms with Crippen molar-refractivity contribution in [2.45, 2.75) is 19.0 Å². The number of rotatable bonds is 5. The smallest absolute Gasteiger partial charge is 0.419 e. The Balaban J connectivity index is 2.65. The van der Waals surface area contributed by atoms with E-state index in [4.69, 9.17) is 9.84 Å². The highest BCUT2D eigenvalue weighted by Gasteiger charge is 2.33. The van der Waals surface area contributed by atoms with Crippen molar-refractivity contribution in [3.05, 3.63) is 29.8 Å². The summed E-state index contributed by atoms with van der Waals surface area (Å²) in [5, 5.41) is 8.51. The van der Waals surface area contributed by atoms with E-state index in [9.17, 15) is 13.2 Å². The standard InChI is InChI=1S/C11H13F3O2/c12-11(13,14)9-5-1-2-6-10(9)16-8-4-3-7-15/h1-2,5-6,15H,3-4,7-8H2. The van der Waals surface area contributed by atoms with Crippen LogP contribution in [0.25, 0.3) is 0 Å². The van der Waals surface area contributed by atoms with Gasteiger partial charge in [-0.15, -0.1) is 0 Å². The van der Waals surface area contributed by atoms with Crippen LogP contribution < -0.4 is 4.74 Å². The molecule has 0 saturated heterocycles. The van der Waals surface area contributed by atoms with Crippen LogP contribution in [-0.4, -0.2) is 18.3 Å². The van der Waals surface area contributed by atoms with E-state index in [0.717, 1.165) is 6.07 Å². The minimum Gasteiger partial charge on any atom is -0.493 e. The van der Waals surface area contributed by atoms with Gasteiger partial charge in [0.1, 0.15) is 5.75 Å². The molecule has 0 radical (unpaired) electrons. The monoisotopic (exact) mass is 234 g/mol. The Morgan fingerprint density at radius 3 is 2.44 bits per heavy atom. The Morgan fingerprint density at radius 2 is 1.81 bits per heavy atom. The lowest BCUT2D eigenvalue weighted by Crippen LogP contribution is -2.09. The second-order valence-corrected chi connectivity index (χ2v) is 3.27. The molecule has 0 atom stereocenters. The molecule has 0 aliphatic heterocycles. The van der Waals surface area contributed by atoms with Crippen molar-refractivity contribution in [3.8, 4) is 5.75 Å². The predicted molar refractivity (Wildman–Crippen MR) is 53.3 cm³/mol. The fraction of sp³-hybridized carbons (Fsp3) is 0.455. The average molecular weight is 234 g/mol. The first kappa shape index (κ1) is 12.8. The zero-order valence-corrected chi connectivity index (χ0v) is 8.63. The third-order valence-corrected chi connectivity index (χ3v) is 2.00. The van der Waals surface area contributed by atoms with Crippen LogP contribution in [0.4, 0.5) is 13.2 Å². The average Bonchev–Trinajstić information content (AvgIpc) is 2.24. The summed E-state index contributed by atoms with van der Waals surface area (Å²) in [7, 11) is 0. The molecule has 1 aromatic carbocycles.